The molecule has 0 spiro atoms. The minimum absolute atomic E-state index is 0.123. The molecule has 54 heavy (non-hydrogen) atoms. The van der Waals surface area contributed by atoms with Gasteiger partial charge in [-0.2, -0.15) is 0 Å². The Hall–Kier alpha value is -7.17. The molecule has 0 radical (unpaired) electrons. The van der Waals surface area contributed by atoms with Crippen LogP contribution in [0.25, 0.3) is 77.6 Å². The fourth-order valence-electron chi connectivity index (χ4n) is 7.39. The molecule has 2 aromatic heterocycles. The Balaban J connectivity index is 1.13. The summed E-state index contributed by atoms with van der Waals surface area (Å²) in [5.41, 5.74) is 6.48. The number of imidazole rings is 1. The van der Waals surface area contributed by atoms with E-state index in [4.69, 9.17) is 18.4 Å². The lowest BCUT2D eigenvalue weighted by molar-refractivity contribution is -0.571. The van der Waals surface area contributed by atoms with Gasteiger partial charge >= 0.3 is 0 Å². The highest BCUT2D eigenvalue weighted by Gasteiger charge is 2.20. The average molecular weight is 704 g/mol. The molecule has 0 aliphatic carbocycles. The molecular formula is C50H35N3O. The first-order valence-electron chi connectivity index (χ1n) is 22.4. The van der Waals surface area contributed by atoms with Gasteiger partial charge in [-0.3, -0.25) is 9.13 Å². The standard InChI is InChI=1S/C50H35N3O/c1-51-46-29-9-8-24-44(46)45-28-15-27-43(49(45)51)37-20-12-22-39(32-37)54-40-23-13-21-38(33-40)52-34-53(48-31-11-10-30-47(48)52)50-41(35-16-4-2-5-17-35)25-14-26-42(50)36-18-6-3-7-19-36/h2-33H,1H3/i2D,3D,4D,5D,6D,7D,16D,17D,18D,19D. The molecule has 4 nitrogen and oxygen atoms in total. The van der Waals surface area contributed by atoms with Crippen molar-refractivity contribution >= 4 is 32.8 Å². The van der Waals surface area contributed by atoms with Crippen LogP contribution in [0.5, 0.6) is 11.5 Å². The molecule has 256 valence electrons. The van der Waals surface area contributed by atoms with Crippen LogP contribution >= 0.6 is 0 Å². The van der Waals surface area contributed by atoms with Gasteiger partial charge < -0.3 is 9.30 Å². The number of aromatic nitrogens is 3. The average Bonchev–Trinajstić information content (AvgIpc) is 3.84. The number of rotatable bonds is 7. The summed E-state index contributed by atoms with van der Waals surface area (Å²) in [6.45, 7) is 0. The molecular weight excluding hydrogens is 659 g/mol. The van der Waals surface area contributed by atoms with E-state index in [0.717, 1.165) is 22.2 Å². The van der Waals surface area contributed by atoms with E-state index in [9.17, 15) is 0 Å². The van der Waals surface area contributed by atoms with Crippen molar-refractivity contribution in [3.8, 4) is 56.3 Å². The first-order chi connectivity index (χ1) is 30.8. The number of nitrogens with zero attached hydrogens (tertiary/aromatic N) is 3. The smallest absolute Gasteiger partial charge is 0.269 e. The third-order valence-corrected chi connectivity index (χ3v) is 9.75. The zero-order valence-corrected chi connectivity index (χ0v) is 29.0. The van der Waals surface area contributed by atoms with E-state index in [-0.39, 0.29) is 27.9 Å². The van der Waals surface area contributed by atoms with E-state index in [1.54, 1.807) is 27.3 Å². The zero-order chi connectivity index (χ0) is 44.7. The molecule has 0 aliphatic rings. The molecule has 0 N–H and O–H groups in total. The van der Waals surface area contributed by atoms with Gasteiger partial charge in [-0.05, 0) is 64.2 Å². The molecule has 0 aliphatic heterocycles. The number of aryl methyl sites for hydroxylation is 1. The lowest BCUT2D eigenvalue weighted by atomic mass is 9.95. The molecule has 4 heteroatoms. The zero-order valence-electron chi connectivity index (χ0n) is 39.0. The molecule has 8 aromatic carbocycles. The summed E-state index contributed by atoms with van der Waals surface area (Å²) in [5, 5.41) is 2.35. The van der Waals surface area contributed by atoms with Gasteiger partial charge in [0.25, 0.3) is 6.33 Å². The maximum absolute atomic E-state index is 8.97. The third-order valence-electron chi connectivity index (χ3n) is 9.75. The van der Waals surface area contributed by atoms with Crippen molar-refractivity contribution in [1.82, 2.24) is 9.13 Å². The van der Waals surface area contributed by atoms with Crippen LogP contribution in [-0.2, 0) is 7.05 Å². The van der Waals surface area contributed by atoms with Crippen molar-refractivity contribution < 1.29 is 23.0 Å². The second-order valence-corrected chi connectivity index (χ2v) is 12.9. The van der Waals surface area contributed by atoms with Crippen LogP contribution in [0, 0.1) is 6.33 Å². The van der Waals surface area contributed by atoms with Crippen LogP contribution in [0.3, 0.4) is 0 Å². The summed E-state index contributed by atoms with van der Waals surface area (Å²) in [6, 6.07) is 37.1. The van der Waals surface area contributed by atoms with Gasteiger partial charge in [0.15, 0.2) is 0 Å². The van der Waals surface area contributed by atoms with E-state index in [0.29, 0.717) is 28.2 Å². The molecule has 0 fully saturated rings. The second-order valence-electron chi connectivity index (χ2n) is 12.9. The number of fused-ring (bicyclic) bond motifs is 4. The van der Waals surface area contributed by atoms with Gasteiger partial charge in [0.1, 0.15) is 11.5 Å². The van der Waals surface area contributed by atoms with Gasteiger partial charge in [-0.15, -0.1) is 0 Å². The third kappa shape index (κ3) is 5.35. The predicted octanol–water partition coefficient (Wildman–Crippen LogP) is 12.1. The molecule has 0 saturated carbocycles. The lowest BCUT2D eigenvalue weighted by Gasteiger charge is -2.17. The fraction of sp³-hybridized carbons (Fsp3) is 0.0200. The van der Waals surface area contributed by atoms with E-state index in [2.05, 4.69) is 60.4 Å². The molecule has 0 bridgehead atoms. The van der Waals surface area contributed by atoms with Crippen molar-refractivity contribution in [2.45, 2.75) is 0 Å². The number of para-hydroxylation sites is 5. The minimum atomic E-state index is -0.561. The monoisotopic (exact) mass is 703 g/mol. The SMILES string of the molecule is [2H]c1c([2H])c([2H])c(-c2cccc(-c3c([2H])c([2H])c([2H])c([2H])c3[2H])c2-[n+]2[c-]n(-c3cccc(Oc4cccc(-c5cccc6c7ccccc7n(C)c56)c4)c3)c3ccccc32)c([2H])c1[2H]. The van der Waals surface area contributed by atoms with E-state index < -0.39 is 60.4 Å². The molecule has 0 atom stereocenters. The number of ether oxygens (including phenoxy) is 1. The van der Waals surface area contributed by atoms with Crippen molar-refractivity contribution in [2.24, 2.45) is 7.05 Å². The van der Waals surface area contributed by atoms with E-state index in [1.807, 2.05) is 72.8 Å². The number of hydrogen-bond donors (Lipinski definition) is 0. The Morgan fingerprint density at radius 2 is 1.13 bits per heavy atom. The van der Waals surface area contributed by atoms with Crippen LogP contribution in [0.1, 0.15) is 13.7 Å². The normalized spacial score (nSPS) is 14.0. The van der Waals surface area contributed by atoms with Gasteiger partial charge in [0.05, 0.1) is 41.6 Å². The maximum Gasteiger partial charge on any atom is 0.269 e. The van der Waals surface area contributed by atoms with E-state index in [1.165, 1.54) is 10.8 Å². The molecule has 0 amide bonds. The van der Waals surface area contributed by atoms with Crippen LogP contribution in [0.2, 0.25) is 0 Å². The van der Waals surface area contributed by atoms with Crippen LogP contribution in [0.4, 0.5) is 0 Å². The fourth-order valence-corrected chi connectivity index (χ4v) is 7.39. The summed E-state index contributed by atoms with van der Waals surface area (Å²) in [4.78, 5) is 0. The maximum atomic E-state index is 8.97. The molecule has 10 rings (SSSR count). The van der Waals surface area contributed by atoms with Crippen molar-refractivity contribution in [3.63, 3.8) is 0 Å². The highest BCUT2D eigenvalue weighted by Crippen LogP contribution is 2.38. The Labute approximate surface area is 328 Å². The number of benzene rings is 8. The Morgan fingerprint density at radius 1 is 0.537 bits per heavy atom. The van der Waals surface area contributed by atoms with Crippen LogP contribution < -0.4 is 9.30 Å². The first kappa shape index (κ1) is 22.7. The van der Waals surface area contributed by atoms with E-state index >= 15 is 0 Å². The van der Waals surface area contributed by atoms with Gasteiger partial charge in [0.2, 0.25) is 0 Å². The summed E-state index contributed by atoms with van der Waals surface area (Å²) in [6.07, 6.45) is 3.43. The second kappa shape index (κ2) is 13.1. The number of hydrogen-bond acceptors (Lipinski definition) is 1. The van der Waals surface area contributed by atoms with Crippen molar-refractivity contribution in [2.75, 3.05) is 0 Å². The highest BCUT2D eigenvalue weighted by molar-refractivity contribution is 6.12. The summed E-state index contributed by atoms with van der Waals surface area (Å²) in [7, 11) is 2.08. The molecule has 0 saturated heterocycles. The highest BCUT2D eigenvalue weighted by atomic mass is 16.5. The van der Waals surface area contributed by atoms with Gasteiger partial charge in [0, 0.05) is 28.9 Å². The van der Waals surface area contributed by atoms with Crippen LogP contribution in [0.15, 0.2) is 194 Å². The van der Waals surface area contributed by atoms with Crippen LogP contribution in [-0.4, -0.2) is 9.13 Å². The Bertz CT molecular complexity index is 3430. The van der Waals surface area contributed by atoms with Gasteiger partial charge in [-0.1, -0.05) is 157 Å². The summed E-state index contributed by atoms with van der Waals surface area (Å²) < 4.78 is 98.7. The molecule has 0 unspecified atom stereocenters. The van der Waals surface area contributed by atoms with Crippen molar-refractivity contribution in [3.05, 3.63) is 200 Å². The summed E-state index contributed by atoms with van der Waals surface area (Å²) >= 11 is 0. The predicted molar refractivity (Wildman–Crippen MR) is 220 cm³/mol. The minimum Gasteiger partial charge on any atom is -0.458 e. The molecule has 2 heterocycles. The summed E-state index contributed by atoms with van der Waals surface area (Å²) in [5.74, 6) is 1.16. The Kier molecular flexibility index (Phi) is 5.51. The Morgan fingerprint density at radius 3 is 1.89 bits per heavy atom. The topological polar surface area (TPSA) is 23.0 Å². The quantitative estimate of drug-likeness (QED) is 0.120. The largest absolute Gasteiger partial charge is 0.458 e. The van der Waals surface area contributed by atoms with Gasteiger partial charge in [-0.25, -0.2) is 0 Å². The molecule has 10 aromatic rings. The lowest BCUT2D eigenvalue weighted by Crippen LogP contribution is -2.31. The first-order valence-corrected chi connectivity index (χ1v) is 17.4. The van der Waals surface area contributed by atoms with Crippen molar-refractivity contribution in [1.29, 1.82) is 0 Å².